The molecule has 1 aromatic heterocycles. The van der Waals surface area contributed by atoms with Gasteiger partial charge in [-0.1, -0.05) is 0 Å². The van der Waals surface area contributed by atoms with Gasteiger partial charge in [-0.25, -0.2) is 10.8 Å². The van der Waals surface area contributed by atoms with E-state index in [4.69, 9.17) is 11.6 Å². The van der Waals surface area contributed by atoms with Crippen LogP contribution in [0, 0.1) is 6.92 Å². The van der Waals surface area contributed by atoms with Crippen molar-refractivity contribution in [2.45, 2.75) is 19.8 Å². The molecule has 0 unspecified atom stereocenters. The lowest BCUT2D eigenvalue weighted by molar-refractivity contribution is -0.118. The monoisotopic (exact) mass is 251 g/mol. The van der Waals surface area contributed by atoms with Gasteiger partial charge >= 0.3 is 0 Å². The largest absolute Gasteiger partial charge is 0.370 e. The first-order valence-corrected chi connectivity index (χ1v) is 5.54. The summed E-state index contributed by atoms with van der Waals surface area (Å²) in [6.45, 7) is 2.17. The first kappa shape index (κ1) is 13.9. The van der Waals surface area contributed by atoms with E-state index in [1.54, 1.807) is 19.1 Å². The van der Waals surface area contributed by atoms with Gasteiger partial charge in [-0.3, -0.25) is 9.59 Å². The Balaban J connectivity index is 2.55. The first-order chi connectivity index (χ1) is 8.52. The van der Waals surface area contributed by atoms with Crippen molar-refractivity contribution in [1.29, 1.82) is 0 Å². The Hall–Kier alpha value is -2.15. The van der Waals surface area contributed by atoms with Crippen molar-refractivity contribution in [3.63, 3.8) is 0 Å². The van der Waals surface area contributed by atoms with E-state index in [0.717, 1.165) is 0 Å². The maximum Gasteiger partial charge on any atom is 0.251 e. The summed E-state index contributed by atoms with van der Waals surface area (Å²) in [4.78, 5) is 26.4. The van der Waals surface area contributed by atoms with Crippen molar-refractivity contribution in [2.75, 3.05) is 12.0 Å². The molecule has 0 aliphatic carbocycles. The number of hydrogen-bond acceptors (Lipinski definition) is 5. The number of nitrogens with one attached hydrogen (secondary N) is 2. The van der Waals surface area contributed by atoms with Crippen molar-refractivity contribution >= 4 is 17.6 Å². The number of amides is 2. The predicted octanol–water partition coefficient (Wildman–Crippen LogP) is -0.329. The molecule has 0 aliphatic rings. The van der Waals surface area contributed by atoms with Gasteiger partial charge in [0.25, 0.3) is 5.91 Å². The summed E-state index contributed by atoms with van der Waals surface area (Å²) < 4.78 is 0. The van der Waals surface area contributed by atoms with Crippen molar-refractivity contribution in [3.8, 4) is 0 Å². The van der Waals surface area contributed by atoms with E-state index in [0.29, 0.717) is 30.0 Å². The molecular weight excluding hydrogens is 234 g/mol. The third-order valence-electron chi connectivity index (χ3n) is 2.25. The minimum atomic E-state index is -0.376. The highest BCUT2D eigenvalue weighted by molar-refractivity contribution is 5.95. The fourth-order valence-corrected chi connectivity index (χ4v) is 1.44. The minimum absolute atomic E-state index is 0.235. The molecule has 2 amide bonds. The molecule has 6 N–H and O–H groups in total. The number of rotatable bonds is 6. The molecule has 7 heteroatoms. The molecule has 7 nitrogen and oxygen atoms in total. The lowest BCUT2D eigenvalue weighted by Gasteiger charge is -2.07. The fraction of sp³-hybridized carbons (Fsp3) is 0.364. The zero-order valence-electron chi connectivity index (χ0n) is 10.2. The third-order valence-corrected chi connectivity index (χ3v) is 2.25. The number of carbonyl (C=O) groups excluding carboxylic acids is 2. The maximum atomic E-state index is 11.8. The number of nitrogens with two attached hydrogens (primary N) is 2. The van der Waals surface area contributed by atoms with Crippen LogP contribution in [-0.2, 0) is 4.79 Å². The van der Waals surface area contributed by atoms with Crippen LogP contribution in [0.4, 0.5) is 5.82 Å². The van der Waals surface area contributed by atoms with Crippen LogP contribution < -0.4 is 22.3 Å². The van der Waals surface area contributed by atoms with E-state index in [-0.39, 0.29) is 18.2 Å². The molecule has 0 saturated heterocycles. The molecule has 0 aliphatic heterocycles. The highest BCUT2D eigenvalue weighted by atomic mass is 16.2. The summed E-state index contributed by atoms with van der Waals surface area (Å²) in [5.41, 5.74) is 8.54. The van der Waals surface area contributed by atoms with Crippen molar-refractivity contribution in [3.05, 3.63) is 23.4 Å². The number of primary amides is 1. The van der Waals surface area contributed by atoms with E-state index in [1.165, 1.54) is 0 Å². The Morgan fingerprint density at radius 1 is 1.39 bits per heavy atom. The van der Waals surface area contributed by atoms with E-state index in [2.05, 4.69) is 15.7 Å². The van der Waals surface area contributed by atoms with Gasteiger partial charge in [0.2, 0.25) is 5.91 Å². The Morgan fingerprint density at radius 2 is 2.11 bits per heavy atom. The normalized spacial score (nSPS) is 9.89. The first-order valence-electron chi connectivity index (χ1n) is 5.54. The molecule has 0 bridgehead atoms. The van der Waals surface area contributed by atoms with Gasteiger partial charge in [-0.05, 0) is 25.5 Å². The second kappa shape index (κ2) is 6.55. The van der Waals surface area contributed by atoms with E-state index < -0.39 is 0 Å². The predicted molar refractivity (Wildman–Crippen MR) is 67.5 cm³/mol. The highest BCUT2D eigenvalue weighted by Crippen LogP contribution is 2.08. The number of pyridine rings is 1. The van der Waals surface area contributed by atoms with Gasteiger partial charge in [0, 0.05) is 24.2 Å². The molecule has 1 aromatic rings. The van der Waals surface area contributed by atoms with Gasteiger partial charge < -0.3 is 16.5 Å². The number of anilines is 1. The van der Waals surface area contributed by atoms with Crippen LogP contribution in [0.2, 0.25) is 0 Å². The van der Waals surface area contributed by atoms with Crippen LogP contribution in [0.1, 0.15) is 28.9 Å². The Bertz CT molecular complexity index is 447. The van der Waals surface area contributed by atoms with Gasteiger partial charge in [0.15, 0.2) is 0 Å². The number of aryl methyl sites for hydroxylation is 1. The number of nitrogens with zero attached hydrogens (tertiary/aromatic N) is 1. The molecule has 0 atom stereocenters. The number of nitrogen functional groups attached to an aromatic ring is 1. The molecule has 98 valence electrons. The molecular formula is C11H17N5O2. The Kier molecular flexibility index (Phi) is 5.06. The van der Waals surface area contributed by atoms with Gasteiger partial charge in [-0.2, -0.15) is 0 Å². The molecule has 0 fully saturated rings. The van der Waals surface area contributed by atoms with Gasteiger partial charge in [-0.15, -0.1) is 0 Å². The maximum absolute atomic E-state index is 11.8. The van der Waals surface area contributed by atoms with Crippen LogP contribution >= 0.6 is 0 Å². The lowest BCUT2D eigenvalue weighted by atomic mass is 10.2. The summed E-state index contributed by atoms with van der Waals surface area (Å²) in [5.74, 6) is 5.06. The minimum Gasteiger partial charge on any atom is -0.370 e. The fourth-order valence-electron chi connectivity index (χ4n) is 1.44. The number of hydrazine groups is 1. The average molecular weight is 251 g/mol. The average Bonchev–Trinajstić information content (AvgIpc) is 2.33. The molecule has 1 rings (SSSR count). The zero-order chi connectivity index (χ0) is 13.5. The molecule has 0 aromatic carbocycles. The van der Waals surface area contributed by atoms with Gasteiger partial charge in [0.1, 0.15) is 5.82 Å². The lowest BCUT2D eigenvalue weighted by Crippen LogP contribution is -2.26. The van der Waals surface area contributed by atoms with Crippen LogP contribution in [-0.4, -0.2) is 23.3 Å². The standard InChI is InChI=1S/C11H17N5O2/c1-7-5-8(6-10(15-7)16-13)11(18)14-4-2-3-9(12)17/h5-6H,2-4,13H2,1H3,(H2,12,17)(H,14,18)(H,15,16). The second-order valence-electron chi connectivity index (χ2n) is 3.85. The summed E-state index contributed by atoms with van der Waals surface area (Å²) in [5, 5.41) is 2.69. The summed E-state index contributed by atoms with van der Waals surface area (Å²) in [6.07, 6.45) is 0.776. The number of carbonyl (C=O) groups is 2. The van der Waals surface area contributed by atoms with Crippen molar-refractivity contribution in [2.24, 2.45) is 11.6 Å². The quantitative estimate of drug-likeness (QED) is 0.313. The highest BCUT2D eigenvalue weighted by Gasteiger charge is 2.07. The van der Waals surface area contributed by atoms with Crippen molar-refractivity contribution in [1.82, 2.24) is 10.3 Å². The summed E-state index contributed by atoms with van der Waals surface area (Å²) in [7, 11) is 0. The van der Waals surface area contributed by atoms with Crippen molar-refractivity contribution < 1.29 is 9.59 Å². The topological polar surface area (TPSA) is 123 Å². The van der Waals surface area contributed by atoms with Crippen LogP contribution in [0.15, 0.2) is 12.1 Å². The van der Waals surface area contributed by atoms with E-state index in [1.807, 2.05) is 0 Å². The second-order valence-corrected chi connectivity index (χ2v) is 3.85. The molecule has 0 radical (unpaired) electrons. The third kappa shape index (κ3) is 4.38. The van der Waals surface area contributed by atoms with Crippen LogP contribution in [0.5, 0.6) is 0 Å². The molecule has 1 heterocycles. The van der Waals surface area contributed by atoms with Crippen LogP contribution in [0.25, 0.3) is 0 Å². The molecule has 18 heavy (non-hydrogen) atoms. The Morgan fingerprint density at radius 3 is 2.72 bits per heavy atom. The smallest absolute Gasteiger partial charge is 0.251 e. The Labute approximate surface area is 105 Å². The zero-order valence-corrected chi connectivity index (χ0v) is 10.2. The van der Waals surface area contributed by atoms with Gasteiger partial charge in [0.05, 0.1) is 0 Å². The van der Waals surface area contributed by atoms with Crippen LogP contribution in [0.3, 0.4) is 0 Å². The number of aromatic nitrogens is 1. The van der Waals surface area contributed by atoms with E-state index in [9.17, 15) is 9.59 Å². The SMILES string of the molecule is Cc1cc(C(=O)NCCCC(N)=O)cc(NN)n1. The molecule has 0 spiro atoms. The number of hydrogen-bond donors (Lipinski definition) is 4. The summed E-state index contributed by atoms with van der Waals surface area (Å²) in [6, 6.07) is 3.21. The summed E-state index contributed by atoms with van der Waals surface area (Å²) >= 11 is 0. The molecule has 0 saturated carbocycles. The van der Waals surface area contributed by atoms with E-state index >= 15 is 0 Å².